The Hall–Kier alpha value is -7.76. The first-order chi connectivity index (χ1) is 49.5. The van der Waals surface area contributed by atoms with E-state index < -0.39 is 41.8 Å². The van der Waals surface area contributed by atoms with Gasteiger partial charge in [0.25, 0.3) is 11.8 Å². The number of carbonyl (C=O) groups is 8. The SMILES string of the molecule is CCC(CC)(CC1CCCCCCCC(C)CCCC1)SC1CC(=O)N(CCCCCC(=O)N[C@@](C=O)(CN[C@@H](C)C(=O)Nc2ccc(COC(=O)N3c4cc(OCCCCCOc5cc6c(cc5OC)C(=O)N5C=C(C)C[C@H]5C=N6)c(OC)cc4C(=O)N4C=C(C)C[C@H]4[C@@H]3O)cc2)C(C)C)C1=O. The summed E-state index contributed by atoms with van der Waals surface area (Å²) in [6, 6.07) is 11.3. The summed E-state index contributed by atoms with van der Waals surface area (Å²) in [7, 11) is 2.98. The van der Waals surface area contributed by atoms with Crippen molar-refractivity contribution in [3.05, 3.63) is 88.8 Å². The lowest BCUT2D eigenvalue weighted by atomic mass is 9.83. The van der Waals surface area contributed by atoms with Gasteiger partial charge in [-0.05, 0) is 133 Å². The number of aliphatic imine (C=N–C) groups is 1. The quantitative estimate of drug-likeness (QED) is 0.0257. The third kappa shape index (κ3) is 20.2. The molecule has 1 saturated carbocycles. The Morgan fingerprint density at radius 2 is 1.35 bits per heavy atom. The number of rotatable bonds is 32. The number of imide groups is 1. The number of thioether (sulfide) groups is 1. The van der Waals surface area contributed by atoms with E-state index in [-0.39, 0.29) is 101 Å². The van der Waals surface area contributed by atoms with Gasteiger partial charge in [-0.1, -0.05) is 135 Å². The zero-order valence-electron chi connectivity index (χ0n) is 62.5. The molecule has 6 aliphatic rings. The highest BCUT2D eigenvalue weighted by molar-refractivity contribution is 8.02. The molecule has 22 nitrogen and oxygen atoms in total. The molecule has 3 aromatic rings. The van der Waals surface area contributed by atoms with Crippen LogP contribution in [0, 0.1) is 17.8 Å². The fraction of sp³-hybridized carbons (Fsp3) is 0.613. The van der Waals surface area contributed by atoms with Crippen LogP contribution in [0.1, 0.15) is 236 Å². The number of anilines is 2. The summed E-state index contributed by atoms with van der Waals surface area (Å²) in [5.41, 5.74) is 2.74. The standard InChI is InChI=1S/C80H112N8O14S/c1-11-79(12-2,45-57-28-19-15-13-14-18-26-53(5)27-21-22-29-57)103-70-44-72(91)85(77(70)96)35-23-16-20-30-71(90)84-80(51-89,52(3)4)50-82-56(8)73(92)83-59-33-31-58(32-34-59)49-102-78(97)88-64-43-69(67(99-10)41-62(64)75(94)87-48-55(7)39-65(87)76(88)95)101-37-25-17-24-36-100-68-42-63-61(40-66(68)98-9)74(93)86-47-54(6)38-60(86)46-81-63/h31-34,40-43,46-48,51-53,56-57,60,65,70,76,82,95H,11-30,35-39,44-45,49-50H2,1-10H3,(H,83,92)(H,84,90)/t53?,56-,57?,60-,65-,70?,76-,80+/m0/s1. The minimum atomic E-state index is -1.52. The van der Waals surface area contributed by atoms with Crippen molar-refractivity contribution >= 4 is 82.9 Å². The number of nitrogens with one attached hydrogen (secondary N) is 3. The maximum Gasteiger partial charge on any atom is 0.416 e. The lowest BCUT2D eigenvalue weighted by Gasteiger charge is -2.36. The van der Waals surface area contributed by atoms with Crippen LogP contribution in [0.3, 0.4) is 0 Å². The number of nitrogens with zero attached hydrogens (tertiary/aromatic N) is 5. The highest BCUT2D eigenvalue weighted by atomic mass is 32.2. The number of fused-ring (bicyclic) bond motifs is 4. The van der Waals surface area contributed by atoms with Crippen LogP contribution in [0.2, 0.25) is 0 Å². The Kier molecular flexibility index (Phi) is 28.7. The highest BCUT2D eigenvalue weighted by Gasteiger charge is 2.47. The molecule has 23 heteroatoms. The second-order valence-electron chi connectivity index (χ2n) is 29.7. The lowest BCUT2D eigenvalue weighted by Crippen LogP contribution is -2.61. The van der Waals surface area contributed by atoms with Gasteiger partial charge in [-0.15, -0.1) is 11.8 Å². The molecule has 0 bridgehead atoms. The van der Waals surface area contributed by atoms with Crippen molar-refractivity contribution in [3.63, 3.8) is 0 Å². The average molecular weight is 1440 g/mol. The van der Waals surface area contributed by atoms with Gasteiger partial charge in [0.15, 0.2) is 29.2 Å². The maximum absolute atomic E-state index is 14.3. The maximum atomic E-state index is 14.3. The summed E-state index contributed by atoms with van der Waals surface area (Å²) in [6.45, 7) is 16.7. The van der Waals surface area contributed by atoms with Gasteiger partial charge in [-0.3, -0.25) is 38.7 Å². The average Bonchev–Trinajstić information content (AvgIpc) is 1.67. The molecule has 7 amide bonds. The molecule has 1 saturated heterocycles. The largest absolute Gasteiger partial charge is 0.493 e. The van der Waals surface area contributed by atoms with E-state index in [1.54, 1.807) is 72.4 Å². The molecule has 9 rings (SSSR count). The van der Waals surface area contributed by atoms with Crippen molar-refractivity contribution in [1.82, 2.24) is 25.3 Å². The molecule has 103 heavy (non-hydrogen) atoms. The first kappa shape index (κ1) is 79.4. The van der Waals surface area contributed by atoms with E-state index in [2.05, 4.69) is 41.7 Å². The number of carbonyl (C=O) groups excluding carboxylic acids is 8. The van der Waals surface area contributed by atoms with Crippen LogP contribution in [0.25, 0.3) is 0 Å². The third-order valence-corrected chi connectivity index (χ3v) is 23.6. The molecule has 2 fully saturated rings. The van der Waals surface area contributed by atoms with E-state index in [0.29, 0.717) is 104 Å². The Labute approximate surface area is 613 Å². The number of likely N-dealkylation sites (tertiary alicyclic amines) is 1. The molecule has 0 aromatic heterocycles. The van der Waals surface area contributed by atoms with E-state index in [1.807, 2.05) is 33.9 Å². The minimum absolute atomic E-state index is 0.0254. The van der Waals surface area contributed by atoms with Crippen molar-refractivity contribution < 1.29 is 67.1 Å². The van der Waals surface area contributed by atoms with E-state index in [0.717, 1.165) is 47.6 Å². The van der Waals surface area contributed by atoms with Gasteiger partial charge in [0.1, 0.15) is 18.4 Å². The molecule has 562 valence electrons. The van der Waals surface area contributed by atoms with E-state index >= 15 is 0 Å². The number of aliphatic hydroxyl groups is 1. The Balaban J connectivity index is 0.718. The molecule has 5 aliphatic heterocycles. The summed E-state index contributed by atoms with van der Waals surface area (Å²) in [4.78, 5) is 120. The third-order valence-electron chi connectivity index (χ3n) is 21.7. The number of hydrogen-bond acceptors (Lipinski definition) is 17. The number of benzene rings is 3. The zero-order valence-corrected chi connectivity index (χ0v) is 63.3. The minimum Gasteiger partial charge on any atom is -0.493 e. The smallest absolute Gasteiger partial charge is 0.416 e. The van der Waals surface area contributed by atoms with Gasteiger partial charge in [-0.25, -0.2) is 9.69 Å². The summed E-state index contributed by atoms with van der Waals surface area (Å²) < 4.78 is 29.6. The van der Waals surface area contributed by atoms with Crippen LogP contribution in [0.5, 0.6) is 23.0 Å². The number of aliphatic hydroxyl groups excluding tert-OH is 1. The first-order valence-corrected chi connectivity index (χ1v) is 38.7. The van der Waals surface area contributed by atoms with Crippen molar-refractivity contribution in [3.8, 4) is 23.0 Å². The van der Waals surface area contributed by atoms with Crippen LogP contribution in [0.15, 0.2) is 77.1 Å². The monoisotopic (exact) mass is 1440 g/mol. The summed E-state index contributed by atoms with van der Waals surface area (Å²) in [6.07, 6.45) is 25.9. The lowest BCUT2D eigenvalue weighted by molar-refractivity contribution is -0.138. The zero-order chi connectivity index (χ0) is 74.0. The predicted molar refractivity (Wildman–Crippen MR) is 401 cm³/mol. The second kappa shape index (κ2) is 37.3. The van der Waals surface area contributed by atoms with E-state index in [9.17, 15) is 43.5 Å². The molecule has 0 radical (unpaired) electrons. The van der Waals surface area contributed by atoms with Crippen molar-refractivity contribution in [2.24, 2.45) is 22.7 Å². The molecular formula is C80H112N8O14S. The van der Waals surface area contributed by atoms with Gasteiger partial charge in [0.2, 0.25) is 23.6 Å². The highest BCUT2D eigenvalue weighted by Crippen LogP contribution is 2.47. The van der Waals surface area contributed by atoms with Gasteiger partial charge in [0, 0.05) is 67.1 Å². The van der Waals surface area contributed by atoms with Crippen LogP contribution in [0.4, 0.5) is 21.9 Å². The van der Waals surface area contributed by atoms with Crippen molar-refractivity contribution in [2.45, 2.75) is 256 Å². The topological polar surface area (TPSA) is 264 Å². The number of hydrogen-bond donors (Lipinski definition) is 4. The van der Waals surface area contributed by atoms with Crippen LogP contribution in [-0.4, -0.2) is 154 Å². The fourth-order valence-corrected chi connectivity index (χ4v) is 16.8. The fourth-order valence-electron chi connectivity index (χ4n) is 15.1. The second-order valence-corrected chi connectivity index (χ2v) is 31.4. The van der Waals surface area contributed by atoms with Gasteiger partial charge in [-0.2, -0.15) is 0 Å². The van der Waals surface area contributed by atoms with E-state index in [1.165, 1.54) is 107 Å². The Morgan fingerprint density at radius 3 is 2.02 bits per heavy atom. The number of unbranched alkanes of at least 4 members (excludes halogenated alkanes) is 4. The molecular weight excluding hydrogens is 1330 g/mol. The summed E-state index contributed by atoms with van der Waals surface area (Å²) in [5.74, 6) is 0.965. The van der Waals surface area contributed by atoms with Gasteiger partial charge >= 0.3 is 6.09 Å². The molecule has 3 aromatic carbocycles. The van der Waals surface area contributed by atoms with Crippen LogP contribution >= 0.6 is 11.8 Å². The predicted octanol–water partition coefficient (Wildman–Crippen LogP) is 14.3. The van der Waals surface area contributed by atoms with Crippen molar-refractivity contribution in [2.75, 3.05) is 50.7 Å². The van der Waals surface area contributed by atoms with Crippen LogP contribution in [-0.2, 0) is 35.3 Å². The summed E-state index contributed by atoms with van der Waals surface area (Å²) >= 11 is 1.76. The molecule has 3 unspecified atom stereocenters. The number of ether oxygens (including phenoxy) is 5. The molecule has 5 heterocycles. The normalized spacial score (nSPS) is 21.8. The summed E-state index contributed by atoms with van der Waals surface area (Å²) in [5, 5.41) is 20.6. The Morgan fingerprint density at radius 1 is 0.738 bits per heavy atom. The van der Waals surface area contributed by atoms with Crippen molar-refractivity contribution in [1.29, 1.82) is 0 Å². The molecule has 8 atom stereocenters. The molecule has 4 N–H and O–H groups in total. The van der Waals surface area contributed by atoms with Gasteiger partial charge in [0.05, 0.1) is 73.3 Å². The number of aldehydes is 1. The number of amides is 7. The van der Waals surface area contributed by atoms with E-state index in [4.69, 9.17) is 23.7 Å². The van der Waals surface area contributed by atoms with Crippen LogP contribution < -0.4 is 39.8 Å². The molecule has 1 aliphatic carbocycles. The first-order valence-electron chi connectivity index (χ1n) is 37.8. The molecule has 0 spiro atoms. The number of methoxy groups -OCH3 is 2. The Bertz CT molecular complexity index is 3570. The van der Waals surface area contributed by atoms with Gasteiger partial charge < -0.3 is 59.3 Å².